The molecule has 1 aliphatic heterocycles. The minimum Gasteiger partial charge on any atom is -0.314 e. The maximum atomic E-state index is 12.4. The summed E-state index contributed by atoms with van der Waals surface area (Å²) in [6, 6.07) is 7.68. The predicted octanol–water partition coefficient (Wildman–Crippen LogP) is 1.03. The van der Waals surface area contributed by atoms with E-state index in [0.29, 0.717) is 32.7 Å². The quantitative estimate of drug-likeness (QED) is 0.884. The summed E-state index contributed by atoms with van der Waals surface area (Å²) in [4.78, 5) is 0. The Bertz CT molecular complexity index is 512. The zero-order valence-electron chi connectivity index (χ0n) is 10.8. The molecule has 0 bridgehead atoms. The van der Waals surface area contributed by atoms with Gasteiger partial charge in [-0.1, -0.05) is 28.1 Å². The van der Waals surface area contributed by atoms with Gasteiger partial charge in [0.1, 0.15) is 0 Å². The molecular formula is C12H18BrN3O2S. The molecule has 1 N–H and O–H groups in total. The molecule has 0 radical (unpaired) electrons. The molecule has 1 aliphatic rings. The van der Waals surface area contributed by atoms with Crippen molar-refractivity contribution in [1.82, 2.24) is 13.9 Å². The lowest BCUT2D eigenvalue weighted by atomic mass is 10.2. The Labute approximate surface area is 122 Å². The SMILES string of the molecule is CN(Cc1ccc(Br)cc1)S(=O)(=O)N1CCNCC1. The van der Waals surface area contributed by atoms with Crippen LogP contribution < -0.4 is 5.32 Å². The maximum absolute atomic E-state index is 12.4. The average molecular weight is 348 g/mol. The van der Waals surface area contributed by atoms with Crippen LogP contribution in [0, 0.1) is 0 Å². The molecule has 106 valence electrons. The Morgan fingerprint density at radius 3 is 2.42 bits per heavy atom. The largest absolute Gasteiger partial charge is 0.314 e. The number of nitrogens with zero attached hydrogens (tertiary/aromatic N) is 2. The van der Waals surface area contributed by atoms with Gasteiger partial charge in [-0.2, -0.15) is 17.0 Å². The third-order valence-corrected chi connectivity index (χ3v) is 5.58. The van der Waals surface area contributed by atoms with Crippen molar-refractivity contribution in [3.8, 4) is 0 Å². The van der Waals surface area contributed by atoms with Crippen LogP contribution in [0.4, 0.5) is 0 Å². The standard InChI is InChI=1S/C12H18BrN3O2S/c1-15(10-11-2-4-12(13)5-3-11)19(17,18)16-8-6-14-7-9-16/h2-5,14H,6-10H2,1H3. The monoisotopic (exact) mass is 347 g/mol. The summed E-state index contributed by atoms with van der Waals surface area (Å²) < 4.78 is 28.7. The molecule has 0 spiro atoms. The van der Waals surface area contributed by atoms with E-state index in [4.69, 9.17) is 0 Å². The van der Waals surface area contributed by atoms with Gasteiger partial charge in [0.2, 0.25) is 0 Å². The van der Waals surface area contributed by atoms with Crippen LogP contribution in [0.1, 0.15) is 5.56 Å². The number of rotatable bonds is 4. The number of hydrogen-bond donors (Lipinski definition) is 1. The van der Waals surface area contributed by atoms with Gasteiger partial charge in [0.15, 0.2) is 0 Å². The molecule has 0 saturated carbocycles. The number of benzene rings is 1. The predicted molar refractivity (Wildman–Crippen MR) is 79.0 cm³/mol. The molecule has 1 fully saturated rings. The van der Waals surface area contributed by atoms with Gasteiger partial charge in [-0.15, -0.1) is 0 Å². The van der Waals surface area contributed by atoms with E-state index < -0.39 is 10.2 Å². The van der Waals surface area contributed by atoms with E-state index in [1.165, 1.54) is 8.61 Å². The molecule has 1 aromatic carbocycles. The first-order valence-electron chi connectivity index (χ1n) is 6.17. The van der Waals surface area contributed by atoms with Crippen LogP contribution in [0.5, 0.6) is 0 Å². The Kier molecular flexibility index (Phi) is 4.97. The molecule has 0 aromatic heterocycles. The van der Waals surface area contributed by atoms with Crippen molar-refractivity contribution in [3.63, 3.8) is 0 Å². The fourth-order valence-corrected chi connectivity index (χ4v) is 3.62. The van der Waals surface area contributed by atoms with E-state index in [0.717, 1.165) is 10.0 Å². The van der Waals surface area contributed by atoms with Crippen molar-refractivity contribution in [2.24, 2.45) is 0 Å². The second-order valence-electron chi connectivity index (χ2n) is 4.54. The van der Waals surface area contributed by atoms with Crippen molar-refractivity contribution in [3.05, 3.63) is 34.3 Å². The molecule has 1 heterocycles. The molecule has 2 rings (SSSR count). The number of halogens is 1. The van der Waals surface area contributed by atoms with Gasteiger partial charge in [0, 0.05) is 44.2 Å². The summed E-state index contributed by atoms with van der Waals surface area (Å²) >= 11 is 3.37. The molecule has 0 amide bonds. The topological polar surface area (TPSA) is 52.7 Å². The molecule has 0 unspecified atom stereocenters. The van der Waals surface area contributed by atoms with Crippen molar-refractivity contribution in [2.75, 3.05) is 33.2 Å². The third kappa shape index (κ3) is 3.76. The maximum Gasteiger partial charge on any atom is 0.282 e. The summed E-state index contributed by atoms with van der Waals surface area (Å²) in [6.07, 6.45) is 0. The highest BCUT2D eigenvalue weighted by Crippen LogP contribution is 2.15. The number of nitrogens with one attached hydrogen (secondary N) is 1. The molecule has 0 atom stereocenters. The molecule has 19 heavy (non-hydrogen) atoms. The van der Waals surface area contributed by atoms with Crippen LogP contribution in [0.2, 0.25) is 0 Å². The zero-order chi connectivity index (χ0) is 13.9. The fourth-order valence-electron chi connectivity index (χ4n) is 2.00. The average Bonchev–Trinajstić information content (AvgIpc) is 2.42. The van der Waals surface area contributed by atoms with E-state index in [9.17, 15) is 8.42 Å². The van der Waals surface area contributed by atoms with Crippen molar-refractivity contribution >= 4 is 26.1 Å². The second-order valence-corrected chi connectivity index (χ2v) is 7.49. The molecule has 5 nitrogen and oxygen atoms in total. The van der Waals surface area contributed by atoms with Gasteiger partial charge in [-0.05, 0) is 17.7 Å². The minimum absolute atomic E-state index is 0.388. The van der Waals surface area contributed by atoms with Crippen LogP contribution in [0.25, 0.3) is 0 Å². The first-order valence-corrected chi connectivity index (χ1v) is 8.36. The van der Waals surface area contributed by atoms with Crippen molar-refractivity contribution in [2.45, 2.75) is 6.54 Å². The smallest absolute Gasteiger partial charge is 0.282 e. The lowest BCUT2D eigenvalue weighted by Gasteiger charge is -2.30. The molecule has 1 saturated heterocycles. The van der Waals surface area contributed by atoms with Crippen LogP contribution in [-0.4, -0.2) is 50.3 Å². The molecule has 1 aromatic rings. The summed E-state index contributed by atoms with van der Waals surface area (Å²) in [5.74, 6) is 0. The summed E-state index contributed by atoms with van der Waals surface area (Å²) in [7, 11) is -1.73. The van der Waals surface area contributed by atoms with E-state index in [1.54, 1.807) is 7.05 Å². The van der Waals surface area contributed by atoms with E-state index >= 15 is 0 Å². The van der Waals surface area contributed by atoms with Gasteiger partial charge < -0.3 is 5.32 Å². The number of piperazine rings is 1. The van der Waals surface area contributed by atoms with E-state index in [1.807, 2.05) is 24.3 Å². The van der Waals surface area contributed by atoms with Crippen LogP contribution >= 0.6 is 15.9 Å². The summed E-state index contributed by atoms with van der Waals surface area (Å²) in [5.41, 5.74) is 0.976. The van der Waals surface area contributed by atoms with Gasteiger partial charge >= 0.3 is 0 Å². The fraction of sp³-hybridized carbons (Fsp3) is 0.500. The minimum atomic E-state index is -3.36. The Hall–Kier alpha value is -0.470. The Balaban J connectivity index is 2.05. The lowest BCUT2D eigenvalue weighted by Crippen LogP contribution is -2.50. The first-order chi connectivity index (χ1) is 9.00. The summed E-state index contributed by atoms with van der Waals surface area (Å²) in [5, 5.41) is 3.15. The zero-order valence-corrected chi connectivity index (χ0v) is 13.2. The first kappa shape index (κ1) is 14.9. The van der Waals surface area contributed by atoms with E-state index in [2.05, 4.69) is 21.2 Å². The highest BCUT2D eigenvalue weighted by Gasteiger charge is 2.27. The Morgan fingerprint density at radius 2 is 1.84 bits per heavy atom. The van der Waals surface area contributed by atoms with Crippen LogP contribution in [0.15, 0.2) is 28.7 Å². The second kappa shape index (κ2) is 6.32. The third-order valence-electron chi connectivity index (χ3n) is 3.11. The van der Waals surface area contributed by atoms with Gasteiger partial charge in [0.25, 0.3) is 10.2 Å². The van der Waals surface area contributed by atoms with Crippen LogP contribution in [0.3, 0.4) is 0 Å². The van der Waals surface area contributed by atoms with Crippen molar-refractivity contribution < 1.29 is 8.42 Å². The van der Waals surface area contributed by atoms with Gasteiger partial charge in [-0.3, -0.25) is 0 Å². The normalized spacial score (nSPS) is 17.8. The molecular weight excluding hydrogens is 330 g/mol. The summed E-state index contributed by atoms with van der Waals surface area (Å²) in [6.45, 7) is 2.89. The highest BCUT2D eigenvalue weighted by atomic mass is 79.9. The Morgan fingerprint density at radius 1 is 1.26 bits per heavy atom. The highest BCUT2D eigenvalue weighted by molar-refractivity contribution is 9.10. The van der Waals surface area contributed by atoms with Gasteiger partial charge in [-0.25, -0.2) is 0 Å². The van der Waals surface area contributed by atoms with Gasteiger partial charge in [0.05, 0.1) is 0 Å². The molecule has 0 aliphatic carbocycles. The van der Waals surface area contributed by atoms with E-state index in [-0.39, 0.29) is 0 Å². The molecule has 7 heteroatoms. The van der Waals surface area contributed by atoms with Crippen molar-refractivity contribution in [1.29, 1.82) is 0 Å². The number of hydrogen-bond acceptors (Lipinski definition) is 3. The lowest BCUT2D eigenvalue weighted by molar-refractivity contribution is 0.324. The van der Waals surface area contributed by atoms with Crippen LogP contribution in [-0.2, 0) is 16.8 Å².